The van der Waals surface area contributed by atoms with Gasteiger partial charge in [-0.2, -0.15) is 0 Å². The maximum atomic E-state index is 12.1. The van der Waals surface area contributed by atoms with E-state index in [4.69, 9.17) is 0 Å². The first-order chi connectivity index (χ1) is 9.65. The van der Waals surface area contributed by atoms with Crippen LogP contribution in [0.15, 0.2) is 23.7 Å². The summed E-state index contributed by atoms with van der Waals surface area (Å²) >= 11 is 1.27. The largest absolute Gasteiger partial charge is 0.312 e. The lowest BCUT2D eigenvalue weighted by atomic mass is 10.1. The van der Waals surface area contributed by atoms with Gasteiger partial charge in [-0.3, -0.25) is 14.9 Å². The fourth-order valence-corrected chi connectivity index (χ4v) is 2.71. The van der Waals surface area contributed by atoms with Gasteiger partial charge < -0.3 is 4.90 Å². The zero-order valence-corrected chi connectivity index (χ0v) is 11.6. The molecule has 1 aromatic heterocycles. The van der Waals surface area contributed by atoms with E-state index in [1.54, 1.807) is 23.4 Å². The maximum absolute atomic E-state index is 12.1. The van der Waals surface area contributed by atoms with Crippen molar-refractivity contribution in [1.29, 1.82) is 0 Å². The summed E-state index contributed by atoms with van der Waals surface area (Å²) in [5.41, 5.74) is 4.03. The van der Waals surface area contributed by atoms with Crippen LogP contribution < -0.4 is 10.2 Å². The molecule has 0 bridgehead atoms. The first kappa shape index (κ1) is 12.7. The molecular formula is C13H12N4O2S. The molecule has 2 heterocycles. The van der Waals surface area contributed by atoms with E-state index in [0.717, 1.165) is 17.7 Å². The predicted molar refractivity (Wildman–Crippen MR) is 76.0 cm³/mol. The minimum atomic E-state index is -0.217. The topological polar surface area (TPSA) is 75.2 Å². The van der Waals surface area contributed by atoms with E-state index in [0.29, 0.717) is 17.2 Å². The zero-order valence-electron chi connectivity index (χ0n) is 10.8. The molecule has 3 rings (SSSR count). The summed E-state index contributed by atoms with van der Waals surface area (Å²) in [5, 5.41) is 10.6. The van der Waals surface area contributed by atoms with E-state index in [-0.39, 0.29) is 11.8 Å². The molecule has 1 N–H and O–H groups in total. The van der Waals surface area contributed by atoms with E-state index in [1.807, 2.05) is 12.1 Å². The Hall–Kier alpha value is -2.28. The van der Waals surface area contributed by atoms with Crippen molar-refractivity contribution < 1.29 is 9.59 Å². The summed E-state index contributed by atoms with van der Waals surface area (Å²) in [6.07, 6.45) is 0.773. The van der Waals surface area contributed by atoms with Gasteiger partial charge in [0, 0.05) is 24.7 Å². The van der Waals surface area contributed by atoms with Gasteiger partial charge in [-0.1, -0.05) is 11.3 Å². The molecule has 0 aliphatic carbocycles. The molecule has 6 nitrogen and oxygen atoms in total. The van der Waals surface area contributed by atoms with Crippen molar-refractivity contribution in [3.63, 3.8) is 0 Å². The van der Waals surface area contributed by atoms with Gasteiger partial charge in [0.1, 0.15) is 5.51 Å². The molecule has 0 fully saturated rings. The van der Waals surface area contributed by atoms with Crippen molar-refractivity contribution in [2.75, 3.05) is 16.8 Å². The Morgan fingerprint density at radius 2 is 2.25 bits per heavy atom. The number of amides is 2. The van der Waals surface area contributed by atoms with Crippen LogP contribution in [0.3, 0.4) is 0 Å². The molecule has 2 amide bonds. The number of nitrogens with zero attached hydrogens (tertiary/aromatic N) is 3. The van der Waals surface area contributed by atoms with E-state index in [9.17, 15) is 9.59 Å². The number of hydrogen-bond acceptors (Lipinski definition) is 5. The molecule has 0 unspecified atom stereocenters. The van der Waals surface area contributed by atoms with E-state index in [2.05, 4.69) is 15.5 Å². The molecule has 20 heavy (non-hydrogen) atoms. The van der Waals surface area contributed by atoms with Crippen molar-refractivity contribution in [1.82, 2.24) is 10.2 Å². The smallest absolute Gasteiger partial charge is 0.257 e. The predicted octanol–water partition coefficient (Wildman–Crippen LogP) is 1.70. The molecule has 2 aromatic rings. The number of benzene rings is 1. The molecule has 0 radical (unpaired) electrons. The highest BCUT2D eigenvalue weighted by Crippen LogP contribution is 2.29. The molecule has 0 saturated heterocycles. The SMILES string of the molecule is CC(=O)N1CCc2cc(C(=O)Nc3nncs3)ccc21. The third-order valence-corrected chi connectivity index (χ3v) is 3.80. The average molecular weight is 288 g/mol. The van der Waals surface area contributed by atoms with Gasteiger partial charge in [0.15, 0.2) is 0 Å². The normalized spacial score (nSPS) is 13.2. The number of nitrogens with one attached hydrogen (secondary N) is 1. The summed E-state index contributed by atoms with van der Waals surface area (Å²) in [4.78, 5) is 25.3. The Balaban J connectivity index is 1.83. The molecule has 0 spiro atoms. The Morgan fingerprint density at radius 1 is 1.40 bits per heavy atom. The molecule has 1 aliphatic heterocycles. The monoisotopic (exact) mass is 288 g/mol. The second-order valence-corrected chi connectivity index (χ2v) is 5.30. The van der Waals surface area contributed by atoms with Gasteiger partial charge in [-0.15, -0.1) is 10.2 Å². The molecule has 1 aliphatic rings. The van der Waals surface area contributed by atoms with Crippen LogP contribution in [0, 0.1) is 0 Å². The Morgan fingerprint density at radius 3 is 2.95 bits per heavy atom. The highest BCUT2D eigenvalue weighted by Gasteiger charge is 2.23. The van der Waals surface area contributed by atoms with Crippen LogP contribution in [0.2, 0.25) is 0 Å². The lowest BCUT2D eigenvalue weighted by molar-refractivity contribution is -0.116. The number of rotatable bonds is 2. The number of hydrogen-bond donors (Lipinski definition) is 1. The highest BCUT2D eigenvalue weighted by molar-refractivity contribution is 7.13. The van der Waals surface area contributed by atoms with Crippen molar-refractivity contribution in [3.05, 3.63) is 34.8 Å². The van der Waals surface area contributed by atoms with Crippen LogP contribution >= 0.6 is 11.3 Å². The molecular weight excluding hydrogens is 276 g/mol. The number of carbonyl (C=O) groups is 2. The van der Waals surface area contributed by atoms with Crippen molar-refractivity contribution >= 4 is 34.0 Å². The van der Waals surface area contributed by atoms with Crippen molar-refractivity contribution in [3.8, 4) is 0 Å². The summed E-state index contributed by atoms with van der Waals surface area (Å²) < 4.78 is 0. The number of carbonyl (C=O) groups excluding carboxylic acids is 2. The van der Waals surface area contributed by atoms with E-state index >= 15 is 0 Å². The van der Waals surface area contributed by atoms with Crippen LogP contribution in [-0.4, -0.2) is 28.6 Å². The van der Waals surface area contributed by atoms with Gasteiger partial charge in [-0.25, -0.2) is 0 Å². The summed E-state index contributed by atoms with van der Waals surface area (Å²) in [6, 6.07) is 5.36. The number of anilines is 2. The maximum Gasteiger partial charge on any atom is 0.257 e. The minimum Gasteiger partial charge on any atom is -0.312 e. The van der Waals surface area contributed by atoms with Gasteiger partial charge in [0.25, 0.3) is 5.91 Å². The Kier molecular flexibility index (Phi) is 3.19. The van der Waals surface area contributed by atoms with Gasteiger partial charge in [0.05, 0.1) is 0 Å². The molecule has 1 aromatic carbocycles. The summed E-state index contributed by atoms with van der Waals surface area (Å²) in [5.74, 6) is -0.194. The second-order valence-electron chi connectivity index (χ2n) is 4.46. The van der Waals surface area contributed by atoms with Crippen LogP contribution in [0.4, 0.5) is 10.8 Å². The first-order valence-corrected chi connectivity index (χ1v) is 7.01. The van der Waals surface area contributed by atoms with E-state index < -0.39 is 0 Å². The first-order valence-electron chi connectivity index (χ1n) is 6.13. The summed E-state index contributed by atoms with van der Waals surface area (Å²) in [6.45, 7) is 2.22. The highest BCUT2D eigenvalue weighted by atomic mass is 32.1. The molecule has 102 valence electrons. The number of aromatic nitrogens is 2. The average Bonchev–Trinajstić information content (AvgIpc) is 3.06. The Bertz CT molecular complexity index is 669. The lowest BCUT2D eigenvalue weighted by Crippen LogP contribution is -2.25. The summed E-state index contributed by atoms with van der Waals surface area (Å²) in [7, 11) is 0. The lowest BCUT2D eigenvalue weighted by Gasteiger charge is -2.14. The molecule has 0 saturated carbocycles. The van der Waals surface area contributed by atoms with Crippen molar-refractivity contribution in [2.45, 2.75) is 13.3 Å². The van der Waals surface area contributed by atoms with Gasteiger partial charge in [-0.05, 0) is 30.2 Å². The fourth-order valence-electron chi connectivity index (χ4n) is 2.27. The third kappa shape index (κ3) is 2.27. The number of fused-ring (bicyclic) bond motifs is 1. The van der Waals surface area contributed by atoms with Gasteiger partial charge in [0.2, 0.25) is 11.0 Å². The molecule has 7 heteroatoms. The minimum absolute atomic E-state index is 0.0230. The molecule has 0 atom stereocenters. The van der Waals surface area contributed by atoms with Crippen LogP contribution in [0.5, 0.6) is 0 Å². The van der Waals surface area contributed by atoms with Crippen LogP contribution in [0.25, 0.3) is 0 Å². The third-order valence-electron chi connectivity index (χ3n) is 3.20. The van der Waals surface area contributed by atoms with Crippen LogP contribution in [0.1, 0.15) is 22.8 Å². The zero-order chi connectivity index (χ0) is 14.1. The van der Waals surface area contributed by atoms with E-state index in [1.165, 1.54) is 11.3 Å². The Labute approximate surface area is 119 Å². The standard InChI is InChI=1S/C13H12N4O2S/c1-8(18)17-5-4-9-6-10(2-3-11(9)17)12(19)15-13-16-14-7-20-13/h2-3,6-7H,4-5H2,1H3,(H,15,16,19). The quantitative estimate of drug-likeness (QED) is 0.912. The second kappa shape index (κ2) is 5.01. The fraction of sp³-hybridized carbons (Fsp3) is 0.231. The van der Waals surface area contributed by atoms with Crippen molar-refractivity contribution in [2.24, 2.45) is 0 Å². The van der Waals surface area contributed by atoms with Gasteiger partial charge >= 0.3 is 0 Å². The van der Waals surface area contributed by atoms with Crippen LogP contribution in [-0.2, 0) is 11.2 Å².